The van der Waals surface area contributed by atoms with Gasteiger partial charge in [-0.05, 0) is 49.6 Å². The van der Waals surface area contributed by atoms with Gasteiger partial charge in [0.1, 0.15) is 17.1 Å². The molecule has 0 saturated heterocycles. The van der Waals surface area contributed by atoms with E-state index in [1.54, 1.807) is 24.3 Å². The van der Waals surface area contributed by atoms with E-state index in [-0.39, 0.29) is 17.2 Å². The molecule has 0 saturated carbocycles. The normalized spacial score (nSPS) is 13.9. The van der Waals surface area contributed by atoms with Crippen LogP contribution in [0.1, 0.15) is 24.2 Å². The molecule has 0 radical (unpaired) electrons. The average Bonchev–Trinajstić information content (AvgIpc) is 3.04. The number of fused-ring (bicyclic) bond motifs is 3. The molecule has 0 atom stereocenters. The Balaban J connectivity index is 1.47. The van der Waals surface area contributed by atoms with Crippen LogP contribution in [-0.2, 0) is 27.5 Å². The van der Waals surface area contributed by atoms with E-state index in [0.29, 0.717) is 5.75 Å². The third-order valence-electron chi connectivity index (χ3n) is 4.86. The third-order valence-corrected chi connectivity index (χ3v) is 6.01. The van der Waals surface area contributed by atoms with E-state index in [9.17, 15) is 13.2 Å². The predicted molar refractivity (Wildman–Crippen MR) is 107 cm³/mol. The molecule has 0 aliphatic heterocycles. The molecule has 1 heterocycles. The Hall–Kier alpha value is -2.80. The second-order valence-electron chi connectivity index (χ2n) is 6.97. The van der Waals surface area contributed by atoms with Crippen molar-refractivity contribution in [3.63, 3.8) is 0 Å². The quantitative estimate of drug-likeness (QED) is 0.706. The van der Waals surface area contributed by atoms with Crippen molar-refractivity contribution < 1.29 is 22.4 Å². The summed E-state index contributed by atoms with van der Waals surface area (Å²) in [5.74, 6) is 1.20. The van der Waals surface area contributed by atoms with Gasteiger partial charge in [0.25, 0.3) is 5.91 Å². The molecular formula is C21H21NO5S. The number of carbonyl (C=O) groups excluding carboxylic acids is 1. The summed E-state index contributed by atoms with van der Waals surface area (Å²) < 4.78 is 35.2. The number of ether oxygens (including phenoxy) is 1. The Morgan fingerprint density at radius 2 is 1.93 bits per heavy atom. The third kappa shape index (κ3) is 3.75. The van der Waals surface area contributed by atoms with Gasteiger partial charge in [0.2, 0.25) is 0 Å². The van der Waals surface area contributed by atoms with Crippen molar-refractivity contribution >= 4 is 32.4 Å². The summed E-state index contributed by atoms with van der Waals surface area (Å²) in [6.07, 6.45) is 5.35. The number of hydrogen-bond acceptors (Lipinski definition) is 5. The zero-order valence-electron chi connectivity index (χ0n) is 15.5. The number of rotatable bonds is 5. The van der Waals surface area contributed by atoms with Gasteiger partial charge in [0.05, 0.1) is 10.6 Å². The highest BCUT2D eigenvalue weighted by Crippen LogP contribution is 2.34. The molecule has 146 valence electrons. The summed E-state index contributed by atoms with van der Waals surface area (Å²) >= 11 is 0. The first-order valence-corrected chi connectivity index (χ1v) is 11.1. The standard InChI is InChI=1S/C21H21NO5S/c1-28(24,25)20-9-5-3-7-17(20)22-21(23)13-26-14-10-11-19-16(12-14)15-6-2-4-8-18(15)27-19/h3,5,7,9-12H,2,4,6,8,13H2,1H3,(H,22,23). The molecular weight excluding hydrogens is 378 g/mol. The van der Waals surface area contributed by atoms with Crippen molar-refractivity contribution in [1.29, 1.82) is 0 Å². The topological polar surface area (TPSA) is 85.6 Å². The minimum atomic E-state index is -3.44. The van der Waals surface area contributed by atoms with Gasteiger partial charge in [-0.1, -0.05) is 12.1 Å². The zero-order valence-corrected chi connectivity index (χ0v) is 16.3. The number of hydrogen-bond donors (Lipinski definition) is 1. The molecule has 28 heavy (non-hydrogen) atoms. The Bertz CT molecular complexity index is 1150. The number of para-hydroxylation sites is 1. The van der Waals surface area contributed by atoms with Crippen molar-refractivity contribution in [1.82, 2.24) is 0 Å². The Morgan fingerprint density at radius 1 is 1.14 bits per heavy atom. The molecule has 1 amide bonds. The average molecular weight is 399 g/mol. The largest absolute Gasteiger partial charge is 0.484 e. The van der Waals surface area contributed by atoms with Gasteiger partial charge in [0.15, 0.2) is 16.4 Å². The van der Waals surface area contributed by atoms with E-state index < -0.39 is 15.7 Å². The molecule has 0 spiro atoms. The van der Waals surface area contributed by atoms with E-state index in [1.807, 2.05) is 12.1 Å². The predicted octanol–water partition coefficient (Wildman–Crippen LogP) is 3.73. The van der Waals surface area contributed by atoms with Crippen LogP contribution in [0.25, 0.3) is 11.0 Å². The SMILES string of the molecule is CS(=O)(=O)c1ccccc1NC(=O)COc1ccc2oc3c(c2c1)CCCC3. The van der Waals surface area contributed by atoms with Crippen LogP contribution in [0.5, 0.6) is 5.75 Å². The fourth-order valence-corrected chi connectivity index (χ4v) is 4.40. The molecule has 2 aromatic carbocycles. The molecule has 1 aliphatic rings. The molecule has 0 fully saturated rings. The zero-order chi connectivity index (χ0) is 19.7. The summed E-state index contributed by atoms with van der Waals surface area (Å²) in [5, 5.41) is 3.64. The maximum Gasteiger partial charge on any atom is 0.262 e. The molecule has 1 aromatic heterocycles. The van der Waals surface area contributed by atoms with Crippen molar-refractivity contribution in [3.8, 4) is 5.75 Å². The number of amides is 1. The highest BCUT2D eigenvalue weighted by molar-refractivity contribution is 7.90. The minimum absolute atomic E-state index is 0.0785. The summed E-state index contributed by atoms with van der Waals surface area (Å²) in [6.45, 7) is -0.219. The second kappa shape index (κ2) is 7.31. The fraction of sp³-hybridized carbons (Fsp3) is 0.286. The van der Waals surface area contributed by atoms with Crippen LogP contribution in [-0.4, -0.2) is 27.2 Å². The number of furan rings is 1. The van der Waals surface area contributed by atoms with E-state index in [1.165, 1.54) is 11.6 Å². The molecule has 3 aromatic rings. The highest BCUT2D eigenvalue weighted by Gasteiger charge is 2.18. The van der Waals surface area contributed by atoms with Crippen LogP contribution < -0.4 is 10.1 Å². The first-order valence-electron chi connectivity index (χ1n) is 9.18. The first kappa shape index (κ1) is 18.6. The van der Waals surface area contributed by atoms with E-state index >= 15 is 0 Å². The minimum Gasteiger partial charge on any atom is -0.484 e. The molecule has 1 aliphatic carbocycles. The maximum absolute atomic E-state index is 12.3. The number of sulfone groups is 1. The fourth-order valence-electron chi connectivity index (χ4n) is 3.56. The molecule has 6 nitrogen and oxygen atoms in total. The van der Waals surface area contributed by atoms with Gasteiger partial charge >= 0.3 is 0 Å². The molecule has 1 N–H and O–H groups in total. The Labute approximate surface area is 163 Å². The molecule has 7 heteroatoms. The smallest absolute Gasteiger partial charge is 0.262 e. The van der Waals surface area contributed by atoms with Gasteiger partial charge in [-0.25, -0.2) is 8.42 Å². The maximum atomic E-state index is 12.3. The van der Waals surface area contributed by atoms with Crippen LogP contribution in [0.3, 0.4) is 0 Å². The van der Waals surface area contributed by atoms with Crippen molar-refractivity contribution in [2.75, 3.05) is 18.2 Å². The van der Waals surface area contributed by atoms with Crippen LogP contribution >= 0.6 is 0 Å². The number of anilines is 1. The van der Waals surface area contributed by atoms with Crippen LogP contribution in [0.2, 0.25) is 0 Å². The number of benzene rings is 2. The number of aryl methyl sites for hydroxylation is 2. The Morgan fingerprint density at radius 3 is 2.75 bits per heavy atom. The van der Waals surface area contributed by atoms with Crippen molar-refractivity contribution in [3.05, 3.63) is 53.8 Å². The van der Waals surface area contributed by atoms with Gasteiger partial charge in [-0.15, -0.1) is 0 Å². The van der Waals surface area contributed by atoms with Crippen LogP contribution in [0, 0.1) is 0 Å². The van der Waals surface area contributed by atoms with Gasteiger partial charge < -0.3 is 14.5 Å². The molecule has 0 unspecified atom stereocenters. The lowest BCUT2D eigenvalue weighted by molar-refractivity contribution is -0.118. The lowest BCUT2D eigenvalue weighted by Crippen LogP contribution is -2.21. The van der Waals surface area contributed by atoms with E-state index in [2.05, 4.69) is 5.32 Å². The van der Waals surface area contributed by atoms with E-state index in [4.69, 9.17) is 9.15 Å². The second-order valence-corrected chi connectivity index (χ2v) is 8.96. The molecule has 4 rings (SSSR count). The first-order chi connectivity index (χ1) is 13.4. The Kier molecular flexibility index (Phi) is 4.85. The lowest BCUT2D eigenvalue weighted by atomic mass is 9.96. The van der Waals surface area contributed by atoms with Crippen LogP contribution in [0.4, 0.5) is 5.69 Å². The molecule has 0 bridgehead atoms. The van der Waals surface area contributed by atoms with Crippen molar-refractivity contribution in [2.45, 2.75) is 30.6 Å². The van der Waals surface area contributed by atoms with Gasteiger partial charge in [-0.3, -0.25) is 4.79 Å². The number of carbonyl (C=O) groups is 1. The summed E-state index contributed by atoms with van der Waals surface area (Å²) in [7, 11) is -3.44. The van der Waals surface area contributed by atoms with Gasteiger partial charge in [0, 0.05) is 23.6 Å². The van der Waals surface area contributed by atoms with Gasteiger partial charge in [-0.2, -0.15) is 0 Å². The van der Waals surface area contributed by atoms with E-state index in [0.717, 1.165) is 48.7 Å². The monoisotopic (exact) mass is 399 g/mol. The lowest BCUT2D eigenvalue weighted by Gasteiger charge is -2.11. The van der Waals surface area contributed by atoms with Crippen molar-refractivity contribution in [2.24, 2.45) is 0 Å². The summed E-state index contributed by atoms with van der Waals surface area (Å²) in [5.41, 5.74) is 2.32. The van der Waals surface area contributed by atoms with Crippen LogP contribution in [0.15, 0.2) is 51.8 Å². The summed E-state index contributed by atoms with van der Waals surface area (Å²) in [6, 6.07) is 11.8. The highest BCUT2D eigenvalue weighted by atomic mass is 32.2. The number of nitrogens with one attached hydrogen (secondary N) is 1. The summed E-state index contributed by atoms with van der Waals surface area (Å²) in [4.78, 5) is 12.3.